The predicted molar refractivity (Wildman–Crippen MR) is 107 cm³/mol. The highest BCUT2D eigenvalue weighted by Gasteiger charge is 2.20. The van der Waals surface area contributed by atoms with Gasteiger partial charge in [0, 0.05) is 29.4 Å². The molecule has 0 aliphatic carbocycles. The maximum absolute atomic E-state index is 11.2. The summed E-state index contributed by atoms with van der Waals surface area (Å²) in [5, 5.41) is 3.61. The molecule has 1 aromatic heterocycles. The molecule has 9 heteroatoms. The zero-order chi connectivity index (χ0) is 19.0. The lowest BCUT2D eigenvalue weighted by Crippen LogP contribution is -2.24. The molecule has 2 aromatic carbocycles. The molecule has 0 fully saturated rings. The van der Waals surface area contributed by atoms with Crippen LogP contribution in [0.2, 0.25) is 0 Å². The molecule has 1 aliphatic heterocycles. The zero-order valence-electron chi connectivity index (χ0n) is 14.5. The summed E-state index contributed by atoms with van der Waals surface area (Å²) in [5.41, 5.74) is 8.41. The molecule has 2 heterocycles. The van der Waals surface area contributed by atoms with E-state index in [-0.39, 0.29) is 12.7 Å². The fourth-order valence-corrected chi connectivity index (χ4v) is 4.38. The van der Waals surface area contributed by atoms with Crippen molar-refractivity contribution in [3.8, 4) is 11.5 Å². The Balaban J connectivity index is 1.72. The molecule has 0 atom stereocenters. The van der Waals surface area contributed by atoms with Gasteiger partial charge in [0.05, 0.1) is 11.2 Å². The molecule has 3 N–H and O–H groups in total. The van der Waals surface area contributed by atoms with Crippen LogP contribution in [0.25, 0.3) is 11.0 Å². The SMILES string of the molecule is CC(=O)NCCn1c(Sc2cc3c(cc2Br)OCO3)nc2c(N)cccc21. The van der Waals surface area contributed by atoms with E-state index in [1.165, 1.54) is 18.7 Å². The number of benzene rings is 2. The number of hydrogen-bond donors (Lipinski definition) is 2. The van der Waals surface area contributed by atoms with Gasteiger partial charge in [-0.25, -0.2) is 4.98 Å². The number of carbonyl (C=O) groups excluding carboxylic acids is 1. The maximum atomic E-state index is 11.2. The number of imidazole rings is 1. The van der Waals surface area contributed by atoms with Crippen LogP contribution in [-0.4, -0.2) is 28.8 Å². The van der Waals surface area contributed by atoms with E-state index < -0.39 is 0 Å². The number of nitrogens with zero attached hydrogens (tertiary/aromatic N) is 2. The van der Waals surface area contributed by atoms with Crippen molar-refractivity contribution in [3.63, 3.8) is 0 Å². The third-order valence-corrected chi connectivity index (χ3v) is 6.08. The minimum Gasteiger partial charge on any atom is -0.454 e. The highest BCUT2D eigenvalue weighted by atomic mass is 79.9. The topological polar surface area (TPSA) is 91.4 Å². The molecule has 0 radical (unpaired) electrons. The standard InChI is InChI=1S/C18H17BrN4O3S/c1-10(24)21-5-6-23-13-4-2-3-12(20)17(13)22-18(23)27-16-8-15-14(7-11(16)19)25-9-26-15/h2-4,7-8H,5-6,9,20H2,1H3,(H,21,24). The molecule has 1 amide bonds. The Morgan fingerprint density at radius 3 is 2.93 bits per heavy atom. The highest BCUT2D eigenvalue weighted by molar-refractivity contribution is 9.10. The second-order valence-electron chi connectivity index (χ2n) is 5.98. The van der Waals surface area contributed by atoms with Gasteiger partial charge in [-0.15, -0.1) is 0 Å². The second kappa shape index (κ2) is 7.32. The third-order valence-electron chi connectivity index (χ3n) is 4.11. The number of anilines is 1. The monoisotopic (exact) mass is 448 g/mol. The second-order valence-corrected chi connectivity index (χ2v) is 7.85. The first-order valence-corrected chi connectivity index (χ1v) is 9.90. The fourth-order valence-electron chi connectivity index (χ4n) is 2.86. The maximum Gasteiger partial charge on any atom is 0.231 e. The van der Waals surface area contributed by atoms with Gasteiger partial charge in [-0.1, -0.05) is 17.8 Å². The minimum atomic E-state index is -0.0633. The third kappa shape index (κ3) is 3.57. The average molecular weight is 449 g/mol. The van der Waals surface area contributed by atoms with Crippen LogP contribution in [0.1, 0.15) is 6.92 Å². The average Bonchev–Trinajstić information content (AvgIpc) is 3.21. The van der Waals surface area contributed by atoms with Crippen LogP contribution in [0.15, 0.2) is 44.9 Å². The zero-order valence-corrected chi connectivity index (χ0v) is 16.9. The summed E-state index contributed by atoms with van der Waals surface area (Å²) in [6.07, 6.45) is 0. The van der Waals surface area contributed by atoms with Crippen LogP contribution in [-0.2, 0) is 11.3 Å². The van der Waals surface area contributed by atoms with Crippen molar-refractivity contribution < 1.29 is 14.3 Å². The fraction of sp³-hybridized carbons (Fsp3) is 0.222. The summed E-state index contributed by atoms with van der Waals surface area (Å²) in [6, 6.07) is 9.53. The molecule has 140 valence electrons. The van der Waals surface area contributed by atoms with Crippen molar-refractivity contribution in [2.24, 2.45) is 0 Å². The van der Waals surface area contributed by atoms with Gasteiger partial charge in [0.1, 0.15) is 5.52 Å². The van der Waals surface area contributed by atoms with Crippen LogP contribution in [0.5, 0.6) is 11.5 Å². The molecule has 27 heavy (non-hydrogen) atoms. The Labute approximate surface area is 168 Å². The van der Waals surface area contributed by atoms with Gasteiger partial charge in [0.15, 0.2) is 16.7 Å². The number of nitrogen functional groups attached to an aromatic ring is 1. The first-order chi connectivity index (χ1) is 13.0. The van der Waals surface area contributed by atoms with Crippen molar-refractivity contribution in [2.75, 3.05) is 19.1 Å². The van der Waals surface area contributed by atoms with E-state index in [0.717, 1.165) is 31.3 Å². The highest BCUT2D eigenvalue weighted by Crippen LogP contribution is 2.43. The predicted octanol–water partition coefficient (Wildman–Crippen LogP) is 3.40. The Kier molecular flexibility index (Phi) is 4.88. The van der Waals surface area contributed by atoms with Gasteiger partial charge in [-0.2, -0.15) is 0 Å². The molecule has 7 nitrogen and oxygen atoms in total. The van der Waals surface area contributed by atoms with Crippen LogP contribution >= 0.6 is 27.7 Å². The number of ether oxygens (including phenoxy) is 2. The van der Waals surface area contributed by atoms with Crippen molar-refractivity contribution >= 4 is 50.3 Å². The van der Waals surface area contributed by atoms with Crippen LogP contribution < -0.4 is 20.5 Å². The number of fused-ring (bicyclic) bond motifs is 2. The van der Waals surface area contributed by atoms with Gasteiger partial charge >= 0.3 is 0 Å². The number of para-hydroxylation sites is 1. The van der Waals surface area contributed by atoms with Gasteiger partial charge in [-0.05, 0) is 40.2 Å². The number of nitrogens with two attached hydrogens (primary N) is 1. The molecule has 3 aromatic rings. The van der Waals surface area contributed by atoms with Gasteiger partial charge < -0.3 is 25.1 Å². The summed E-state index contributed by atoms with van der Waals surface area (Å²) in [6.45, 7) is 2.82. The Bertz CT molecular complexity index is 1040. The molecule has 0 saturated heterocycles. The molecule has 0 spiro atoms. The molecule has 0 saturated carbocycles. The number of halogens is 1. The number of aromatic nitrogens is 2. The molecular formula is C18H17BrN4O3S. The molecule has 4 rings (SSSR count). The van der Waals surface area contributed by atoms with E-state index >= 15 is 0 Å². The largest absolute Gasteiger partial charge is 0.454 e. The van der Waals surface area contributed by atoms with Crippen LogP contribution in [0, 0.1) is 0 Å². The Morgan fingerprint density at radius 1 is 1.37 bits per heavy atom. The Hall–Kier alpha value is -2.39. The van der Waals surface area contributed by atoms with Crippen molar-refractivity contribution in [1.82, 2.24) is 14.9 Å². The summed E-state index contributed by atoms with van der Waals surface area (Å²) in [7, 11) is 0. The van der Waals surface area contributed by atoms with Gasteiger partial charge in [0.25, 0.3) is 0 Å². The van der Waals surface area contributed by atoms with E-state index in [2.05, 4.69) is 25.8 Å². The smallest absolute Gasteiger partial charge is 0.231 e. The first-order valence-electron chi connectivity index (χ1n) is 8.29. The normalized spacial score (nSPS) is 12.5. The molecule has 1 aliphatic rings. The van der Waals surface area contributed by atoms with Crippen molar-refractivity contribution in [1.29, 1.82) is 0 Å². The number of hydrogen-bond acceptors (Lipinski definition) is 6. The summed E-state index contributed by atoms with van der Waals surface area (Å²) in [4.78, 5) is 16.9. The van der Waals surface area contributed by atoms with E-state index in [4.69, 9.17) is 20.2 Å². The summed E-state index contributed by atoms with van der Waals surface area (Å²) < 4.78 is 13.8. The summed E-state index contributed by atoms with van der Waals surface area (Å²) >= 11 is 5.09. The molecule has 0 bridgehead atoms. The number of rotatable bonds is 5. The van der Waals surface area contributed by atoms with Crippen LogP contribution in [0.4, 0.5) is 5.69 Å². The van der Waals surface area contributed by atoms with Crippen molar-refractivity contribution in [3.05, 3.63) is 34.8 Å². The van der Waals surface area contributed by atoms with Crippen LogP contribution in [0.3, 0.4) is 0 Å². The van der Waals surface area contributed by atoms with E-state index in [1.807, 2.05) is 30.3 Å². The van der Waals surface area contributed by atoms with E-state index in [1.54, 1.807) is 0 Å². The molecular weight excluding hydrogens is 432 g/mol. The van der Waals surface area contributed by atoms with Gasteiger partial charge in [0.2, 0.25) is 12.7 Å². The van der Waals surface area contributed by atoms with E-state index in [0.29, 0.717) is 24.5 Å². The lowest BCUT2D eigenvalue weighted by atomic mass is 10.3. The lowest BCUT2D eigenvalue weighted by molar-refractivity contribution is -0.118. The van der Waals surface area contributed by atoms with Crippen molar-refractivity contribution in [2.45, 2.75) is 23.5 Å². The number of carbonyl (C=O) groups is 1. The first kappa shape index (κ1) is 18.0. The summed E-state index contributed by atoms with van der Waals surface area (Å²) in [5.74, 6) is 1.36. The molecule has 0 unspecified atom stereocenters. The minimum absolute atomic E-state index is 0.0633. The number of nitrogens with one attached hydrogen (secondary N) is 1. The van der Waals surface area contributed by atoms with E-state index in [9.17, 15) is 4.79 Å². The van der Waals surface area contributed by atoms with Gasteiger partial charge in [-0.3, -0.25) is 4.79 Å². The lowest BCUT2D eigenvalue weighted by Gasteiger charge is -2.10. The Morgan fingerprint density at radius 2 is 2.15 bits per heavy atom. The number of amides is 1. The quantitative estimate of drug-likeness (QED) is 0.581.